The molecular formula is C15H25N3S2. The molecule has 3 rings (SSSR count). The van der Waals surface area contributed by atoms with E-state index in [1.54, 1.807) is 0 Å². The zero-order valence-electron chi connectivity index (χ0n) is 12.7. The van der Waals surface area contributed by atoms with E-state index < -0.39 is 0 Å². The average Bonchev–Trinajstić information content (AvgIpc) is 2.82. The van der Waals surface area contributed by atoms with Gasteiger partial charge in [0.1, 0.15) is 0 Å². The van der Waals surface area contributed by atoms with E-state index in [0.717, 1.165) is 26.1 Å². The maximum Gasteiger partial charge on any atom is 0.185 e. The van der Waals surface area contributed by atoms with Crippen molar-refractivity contribution >= 4 is 28.2 Å². The third kappa shape index (κ3) is 3.00. The van der Waals surface area contributed by atoms with Crippen molar-refractivity contribution in [1.29, 1.82) is 0 Å². The van der Waals surface area contributed by atoms with Crippen molar-refractivity contribution in [3.8, 4) is 0 Å². The average molecular weight is 312 g/mol. The van der Waals surface area contributed by atoms with E-state index in [0.29, 0.717) is 11.5 Å². The van der Waals surface area contributed by atoms with E-state index >= 15 is 0 Å². The standard InChI is InChI=1S/C15H25N3S2/c1-4-16-11-9-15(2,3)10-12-13(11)20-14(17-12)18-5-7-19-8-6-18/h11,16H,4-10H2,1-3H3. The summed E-state index contributed by atoms with van der Waals surface area (Å²) in [5.41, 5.74) is 1.72. The van der Waals surface area contributed by atoms with E-state index in [2.05, 4.69) is 42.7 Å². The molecule has 0 bridgehead atoms. The van der Waals surface area contributed by atoms with Crippen LogP contribution in [0.4, 0.5) is 5.13 Å². The molecule has 5 heteroatoms. The molecule has 1 aliphatic heterocycles. The number of nitrogens with zero attached hydrogens (tertiary/aromatic N) is 2. The molecule has 0 amide bonds. The molecule has 20 heavy (non-hydrogen) atoms. The Bertz CT molecular complexity index is 464. The van der Waals surface area contributed by atoms with Crippen LogP contribution in [-0.4, -0.2) is 36.1 Å². The second-order valence-electron chi connectivity index (χ2n) is 6.56. The minimum atomic E-state index is 0.364. The van der Waals surface area contributed by atoms with Gasteiger partial charge >= 0.3 is 0 Å². The van der Waals surface area contributed by atoms with Crippen molar-refractivity contribution in [3.05, 3.63) is 10.6 Å². The van der Waals surface area contributed by atoms with Gasteiger partial charge in [0.05, 0.1) is 5.69 Å². The lowest BCUT2D eigenvalue weighted by Gasteiger charge is -2.34. The van der Waals surface area contributed by atoms with Gasteiger partial charge < -0.3 is 10.2 Å². The smallest absolute Gasteiger partial charge is 0.185 e. The molecule has 0 aromatic carbocycles. The van der Waals surface area contributed by atoms with Crippen molar-refractivity contribution in [2.45, 2.75) is 39.7 Å². The lowest BCUT2D eigenvalue weighted by atomic mass is 9.76. The summed E-state index contributed by atoms with van der Waals surface area (Å²) in [6.07, 6.45) is 2.36. The van der Waals surface area contributed by atoms with E-state index in [4.69, 9.17) is 4.98 Å². The van der Waals surface area contributed by atoms with Crippen molar-refractivity contribution in [2.24, 2.45) is 5.41 Å². The fourth-order valence-corrected chi connectivity index (χ4v) is 5.33. The maximum atomic E-state index is 5.00. The van der Waals surface area contributed by atoms with Gasteiger partial charge in [-0.2, -0.15) is 11.8 Å². The normalized spacial score (nSPS) is 25.6. The summed E-state index contributed by atoms with van der Waals surface area (Å²) in [6, 6.07) is 0.504. The van der Waals surface area contributed by atoms with E-state index in [9.17, 15) is 0 Å². The second kappa shape index (κ2) is 5.85. The van der Waals surface area contributed by atoms with Crippen molar-refractivity contribution in [3.63, 3.8) is 0 Å². The predicted octanol–water partition coefficient (Wildman–Crippen LogP) is 3.32. The first kappa shape index (κ1) is 14.7. The summed E-state index contributed by atoms with van der Waals surface area (Å²) in [5, 5.41) is 4.92. The van der Waals surface area contributed by atoms with Crippen LogP contribution in [0.2, 0.25) is 0 Å². The zero-order chi connectivity index (χ0) is 14.2. The molecule has 1 atom stereocenters. The molecule has 0 spiro atoms. The molecule has 1 fully saturated rings. The van der Waals surface area contributed by atoms with Gasteiger partial charge in [-0.15, -0.1) is 0 Å². The lowest BCUT2D eigenvalue weighted by molar-refractivity contribution is 0.260. The van der Waals surface area contributed by atoms with Gasteiger partial charge in [-0.05, 0) is 24.8 Å². The Balaban J connectivity index is 1.87. The lowest BCUT2D eigenvalue weighted by Crippen LogP contribution is -2.32. The number of aromatic nitrogens is 1. The van der Waals surface area contributed by atoms with Crippen LogP contribution in [0.3, 0.4) is 0 Å². The molecule has 112 valence electrons. The molecule has 1 N–H and O–H groups in total. The van der Waals surface area contributed by atoms with Crippen LogP contribution in [0.25, 0.3) is 0 Å². The highest BCUT2D eigenvalue weighted by molar-refractivity contribution is 7.99. The van der Waals surface area contributed by atoms with Crippen molar-refractivity contribution < 1.29 is 0 Å². The van der Waals surface area contributed by atoms with Crippen molar-refractivity contribution in [2.75, 3.05) is 36.0 Å². The van der Waals surface area contributed by atoms with Gasteiger partial charge in [0.25, 0.3) is 0 Å². The Labute approximate surface area is 130 Å². The van der Waals surface area contributed by atoms with Crippen LogP contribution >= 0.6 is 23.1 Å². The first-order valence-corrected chi connectivity index (χ1v) is 9.62. The Morgan fingerprint density at radius 2 is 2.10 bits per heavy atom. The SMILES string of the molecule is CCNC1CC(C)(C)Cc2nc(N3CCSCC3)sc21. The van der Waals surface area contributed by atoms with Crippen molar-refractivity contribution in [1.82, 2.24) is 10.3 Å². The molecule has 3 nitrogen and oxygen atoms in total. The number of fused-ring (bicyclic) bond motifs is 1. The van der Waals surface area contributed by atoms with Gasteiger partial charge in [0.2, 0.25) is 0 Å². The Morgan fingerprint density at radius 3 is 2.80 bits per heavy atom. The summed E-state index contributed by atoms with van der Waals surface area (Å²) in [7, 11) is 0. The minimum Gasteiger partial charge on any atom is -0.346 e. The van der Waals surface area contributed by atoms with Gasteiger partial charge in [0, 0.05) is 35.5 Å². The summed E-state index contributed by atoms with van der Waals surface area (Å²) in [6.45, 7) is 10.3. The Hall–Kier alpha value is -0.260. The van der Waals surface area contributed by atoms with Crippen LogP contribution in [0, 0.1) is 5.41 Å². The molecule has 0 saturated carbocycles. The summed E-state index contributed by atoms with van der Waals surface area (Å²) >= 11 is 3.99. The number of rotatable bonds is 3. The summed E-state index contributed by atoms with van der Waals surface area (Å²) in [4.78, 5) is 8.98. The zero-order valence-corrected chi connectivity index (χ0v) is 14.4. The minimum absolute atomic E-state index is 0.364. The van der Waals surface area contributed by atoms with Crippen LogP contribution in [-0.2, 0) is 6.42 Å². The molecular weight excluding hydrogens is 286 g/mol. The first-order valence-electron chi connectivity index (χ1n) is 7.65. The third-order valence-electron chi connectivity index (χ3n) is 4.17. The van der Waals surface area contributed by atoms with Gasteiger partial charge in [-0.25, -0.2) is 4.98 Å². The molecule has 0 radical (unpaired) electrons. The van der Waals surface area contributed by atoms with E-state index in [-0.39, 0.29) is 0 Å². The topological polar surface area (TPSA) is 28.2 Å². The Morgan fingerprint density at radius 1 is 1.35 bits per heavy atom. The number of hydrogen-bond donors (Lipinski definition) is 1. The molecule has 2 aliphatic rings. The van der Waals surface area contributed by atoms with Crippen LogP contribution in [0.1, 0.15) is 43.8 Å². The number of thioether (sulfide) groups is 1. The number of thiazole rings is 1. The molecule has 1 saturated heterocycles. The number of nitrogens with one attached hydrogen (secondary N) is 1. The van der Waals surface area contributed by atoms with Gasteiger partial charge in [0.15, 0.2) is 5.13 Å². The third-order valence-corrected chi connectivity index (χ3v) is 6.38. The highest BCUT2D eigenvalue weighted by atomic mass is 32.2. The monoisotopic (exact) mass is 311 g/mol. The second-order valence-corrected chi connectivity index (χ2v) is 8.80. The quantitative estimate of drug-likeness (QED) is 0.927. The van der Waals surface area contributed by atoms with Crippen LogP contribution in [0.5, 0.6) is 0 Å². The highest BCUT2D eigenvalue weighted by Gasteiger charge is 2.35. The van der Waals surface area contributed by atoms with E-state index in [1.165, 1.54) is 33.6 Å². The fraction of sp³-hybridized carbons (Fsp3) is 0.800. The fourth-order valence-electron chi connectivity index (χ4n) is 3.22. The molecule has 1 aromatic rings. The maximum absolute atomic E-state index is 5.00. The largest absolute Gasteiger partial charge is 0.346 e. The highest BCUT2D eigenvalue weighted by Crippen LogP contribution is 2.44. The summed E-state index contributed by atoms with van der Waals surface area (Å²) in [5.74, 6) is 2.48. The predicted molar refractivity (Wildman–Crippen MR) is 90.2 cm³/mol. The molecule has 1 aromatic heterocycles. The number of hydrogen-bond acceptors (Lipinski definition) is 5. The van der Waals surface area contributed by atoms with Crippen LogP contribution in [0.15, 0.2) is 0 Å². The number of anilines is 1. The van der Waals surface area contributed by atoms with Crippen LogP contribution < -0.4 is 10.2 Å². The van der Waals surface area contributed by atoms with Gasteiger partial charge in [-0.1, -0.05) is 32.1 Å². The molecule has 1 aliphatic carbocycles. The molecule has 2 heterocycles. The van der Waals surface area contributed by atoms with Gasteiger partial charge in [-0.3, -0.25) is 0 Å². The first-order chi connectivity index (χ1) is 9.59. The summed E-state index contributed by atoms with van der Waals surface area (Å²) < 4.78 is 0. The molecule has 1 unspecified atom stereocenters. The Kier molecular flexibility index (Phi) is 4.29. The van der Waals surface area contributed by atoms with E-state index in [1.807, 2.05) is 11.3 Å².